The molecule has 0 aliphatic carbocycles. The molecule has 0 spiro atoms. The number of fused-ring (bicyclic) bond motifs is 1. The predicted molar refractivity (Wildman–Crippen MR) is 104 cm³/mol. The van der Waals surface area contributed by atoms with Crippen LogP contribution >= 0.6 is 0 Å². The van der Waals surface area contributed by atoms with Gasteiger partial charge in [-0.3, -0.25) is 9.59 Å². The number of amides is 1. The molecule has 0 radical (unpaired) electrons. The Balaban J connectivity index is 1.88. The summed E-state index contributed by atoms with van der Waals surface area (Å²) in [6.45, 7) is 6.27. The lowest BCUT2D eigenvalue weighted by Crippen LogP contribution is -2.36. The Bertz CT molecular complexity index is 1000. The van der Waals surface area contributed by atoms with E-state index in [9.17, 15) is 9.59 Å². The zero-order valence-corrected chi connectivity index (χ0v) is 16.0. The largest absolute Gasteiger partial charge is 0.383 e. The SMILES string of the molecule is COCCn1c(C)cc(C)c(C(=O)N[C@@H](C)c2nc3ccccc3[nH]2)c1=O. The Morgan fingerprint density at radius 3 is 2.78 bits per heavy atom. The van der Waals surface area contributed by atoms with E-state index in [4.69, 9.17) is 4.74 Å². The zero-order chi connectivity index (χ0) is 19.6. The number of carbonyl (C=O) groups excluding carboxylic acids is 1. The van der Waals surface area contributed by atoms with Crippen LogP contribution in [0.3, 0.4) is 0 Å². The number of nitrogens with one attached hydrogen (secondary N) is 2. The molecule has 3 rings (SSSR count). The van der Waals surface area contributed by atoms with E-state index in [0.717, 1.165) is 16.7 Å². The first kappa shape index (κ1) is 18.8. The van der Waals surface area contributed by atoms with Crippen molar-refractivity contribution in [3.8, 4) is 0 Å². The van der Waals surface area contributed by atoms with Crippen LogP contribution < -0.4 is 10.9 Å². The number of carbonyl (C=O) groups is 1. The maximum absolute atomic E-state index is 12.8. The van der Waals surface area contributed by atoms with E-state index in [-0.39, 0.29) is 17.2 Å². The third-order valence-corrected chi connectivity index (χ3v) is 4.62. The Hall–Kier alpha value is -2.93. The van der Waals surface area contributed by atoms with Crippen LogP contribution in [0.2, 0.25) is 0 Å². The standard InChI is InChI=1S/C20H24N4O3/c1-12-11-13(2)24(9-10-27-4)20(26)17(12)19(25)21-14(3)18-22-15-7-5-6-8-16(15)23-18/h5-8,11,14H,9-10H2,1-4H3,(H,21,25)(H,22,23)/t14-/m0/s1. The molecule has 1 aromatic carbocycles. The van der Waals surface area contributed by atoms with E-state index in [2.05, 4.69) is 15.3 Å². The van der Waals surface area contributed by atoms with Crippen LogP contribution in [0.1, 0.15) is 40.4 Å². The van der Waals surface area contributed by atoms with E-state index in [1.54, 1.807) is 18.6 Å². The van der Waals surface area contributed by atoms with Crippen molar-refractivity contribution in [2.45, 2.75) is 33.4 Å². The van der Waals surface area contributed by atoms with Gasteiger partial charge in [0.25, 0.3) is 11.5 Å². The van der Waals surface area contributed by atoms with Gasteiger partial charge < -0.3 is 19.6 Å². The van der Waals surface area contributed by atoms with Gasteiger partial charge in [0.05, 0.1) is 23.7 Å². The minimum Gasteiger partial charge on any atom is -0.383 e. The van der Waals surface area contributed by atoms with Gasteiger partial charge in [0, 0.05) is 19.3 Å². The molecular weight excluding hydrogens is 344 g/mol. The summed E-state index contributed by atoms with van der Waals surface area (Å²) in [5.74, 6) is 0.241. The van der Waals surface area contributed by atoms with Gasteiger partial charge in [-0.15, -0.1) is 0 Å². The quantitative estimate of drug-likeness (QED) is 0.699. The first-order valence-corrected chi connectivity index (χ1v) is 8.88. The van der Waals surface area contributed by atoms with E-state index < -0.39 is 5.91 Å². The number of benzene rings is 1. The molecule has 7 nitrogen and oxygen atoms in total. The molecule has 2 N–H and O–H groups in total. The topological polar surface area (TPSA) is 89.0 Å². The molecule has 27 heavy (non-hydrogen) atoms. The molecule has 2 aromatic heterocycles. The molecule has 7 heteroatoms. The Labute approximate surface area is 157 Å². The minimum atomic E-state index is -0.406. The highest BCUT2D eigenvalue weighted by Crippen LogP contribution is 2.16. The van der Waals surface area contributed by atoms with Crippen LogP contribution in [0.4, 0.5) is 0 Å². The van der Waals surface area contributed by atoms with E-state index in [0.29, 0.717) is 24.5 Å². The second kappa shape index (κ2) is 7.75. The number of aromatic nitrogens is 3. The van der Waals surface area contributed by atoms with E-state index in [1.807, 2.05) is 44.2 Å². The average Bonchev–Trinajstić information content (AvgIpc) is 3.05. The van der Waals surface area contributed by atoms with Crippen molar-refractivity contribution in [1.82, 2.24) is 19.9 Å². The summed E-state index contributed by atoms with van der Waals surface area (Å²) in [6, 6.07) is 9.15. The number of aromatic amines is 1. The summed E-state index contributed by atoms with van der Waals surface area (Å²) in [6.07, 6.45) is 0. The number of hydrogen-bond donors (Lipinski definition) is 2. The summed E-state index contributed by atoms with van der Waals surface area (Å²) < 4.78 is 6.63. The number of rotatable bonds is 6. The van der Waals surface area contributed by atoms with Crippen LogP contribution in [-0.2, 0) is 11.3 Å². The number of nitrogens with zero attached hydrogens (tertiary/aromatic N) is 2. The number of aryl methyl sites for hydroxylation is 2. The fourth-order valence-electron chi connectivity index (χ4n) is 3.18. The van der Waals surface area contributed by atoms with Crippen molar-refractivity contribution in [2.75, 3.05) is 13.7 Å². The monoisotopic (exact) mass is 368 g/mol. The predicted octanol–water partition coefficient (Wildman–Crippen LogP) is 2.48. The van der Waals surface area contributed by atoms with Gasteiger partial charge in [0.2, 0.25) is 0 Å². The van der Waals surface area contributed by atoms with E-state index >= 15 is 0 Å². The van der Waals surface area contributed by atoms with Gasteiger partial charge in [0.1, 0.15) is 11.4 Å². The van der Waals surface area contributed by atoms with Crippen molar-refractivity contribution in [3.05, 3.63) is 63.3 Å². The number of ether oxygens (including phenoxy) is 1. The average molecular weight is 368 g/mol. The number of pyridine rings is 1. The normalized spacial score (nSPS) is 12.3. The maximum atomic E-state index is 12.8. The number of hydrogen-bond acceptors (Lipinski definition) is 4. The molecule has 0 fully saturated rings. The second-order valence-corrected chi connectivity index (χ2v) is 6.63. The van der Waals surface area contributed by atoms with Crippen LogP contribution in [-0.4, -0.2) is 34.2 Å². The molecule has 3 aromatic rings. The number of imidazole rings is 1. The van der Waals surface area contributed by atoms with Gasteiger partial charge in [-0.05, 0) is 44.5 Å². The molecule has 0 bridgehead atoms. The second-order valence-electron chi connectivity index (χ2n) is 6.63. The summed E-state index contributed by atoms with van der Waals surface area (Å²) in [4.78, 5) is 33.4. The number of methoxy groups -OCH3 is 1. The smallest absolute Gasteiger partial charge is 0.263 e. The molecule has 0 unspecified atom stereocenters. The van der Waals surface area contributed by atoms with Crippen LogP contribution in [0.25, 0.3) is 11.0 Å². The highest BCUT2D eigenvalue weighted by Gasteiger charge is 2.21. The summed E-state index contributed by atoms with van der Waals surface area (Å²) in [5.41, 5.74) is 3.04. The van der Waals surface area contributed by atoms with Gasteiger partial charge in [-0.1, -0.05) is 12.1 Å². The lowest BCUT2D eigenvalue weighted by Gasteiger charge is -2.16. The lowest BCUT2D eigenvalue weighted by molar-refractivity contribution is 0.0935. The minimum absolute atomic E-state index is 0.152. The fourth-order valence-corrected chi connectivity index (χ4v) is 3.18. The van der Waals surface area contributed by atoms with Crippen LogP contribution in [0.15, 0.2) is 35.1 Å². The van der Waals surface area contributed by atoms with Gasteiger partial charge in [-0.25, -0.2) is 4.98 Å². The molecular formula is C20H24N4O3. The van der Waals surface area contributed by atoms with Crippen LogP contribution in [0, 0.1) is 13.8 Å². The third kappa shape index (κ3) is 3.78. The summed E-state index contributed by atoms with van der Waals surface area (Å²) in [7, 11) is 1.58. The van der Waals surface area contributed by atoms with Gasteiger partial charge in [-0.2, -0.15) is 0 Å². The van der Waals surface area contributed by atoms with Gasteiger partial charge >= 0.3 is 0 Å². The molecule has 0 saturated heterocycles. The molecule has 2 heterocycles. The molecule has 0 saturated carbocycles. The number of H-pyrrole nitrogens is 1. The Morgan fingerprint density at radius 1 is 1.33 bits per heavy atom. The third-order valence-electron chi connectivity index (χ3n) is 4.62. The molecule has 0 aliphatic rings. The Kier molecular flexibility index (Phi) is 5.41. The zero-order valence-electron chi connectivity index (χ0n) is 16.0. The van der Waals surface area contributed by atoms with Crippen molar-refractivity contribution < 1.29 is 9.53 Å². The molecule has 142 valence electrons. The van der Waals surface area contributed by atoms with Crippen molar-refractivity contribution in [2.24, 2.45) is 0 Å². The summed E-state index contributed by atoms with van der Waals surface area (Å²) in [5, 5.41) is 2.88. The first-order chi connectivity index (χ1) is 12.9. The molecule has 0 aliphatic heterocycles. The highest BCUT2D eigenvalue weighted by atomic mass is 16.5. The fraction of sp³-hybridized carbons (Fsp3) is 0.350. The van der Waals surface area contributed by atoms with Crippen LogP contribution in [0.5, 0.6) is 0 Å². The molecule has 1 amide bonds. The number of para-hydroxylation sites is 2. The first-order valence-electron chi connectivity index (χ1n) is 8.88. The van der Waals surface area contributed by atoms with Crippen molar-refractivity contribution >= 4 is 16.9 Å². The summed E-state index contributed by atoms with van der Waals surface area (Å²) >= 11 is 0. The Morgan fingerprint density at radius 2 is 2.07 bits per heavy atom. The maximum Gasteiger partial charge on any atom is 0.263 e. The van der Waals surface area contributed by atoms with Gasteiger partial charge in [0.15, 0.2) is 0 Å². The van der Waals surface area contributed by atoms with Crippen molar-refractivity contribution in [3.63, 3.8) is 0 Å². The highest BCUT2D eigenvalue weighted by molar-refractivity contribution is 5.95. The molecule has 1 atom stereocenters. The van der Waals surface area contributed by atoms with E-state index in [1.165, 1.54) is 0 Å². The van der Waals surface area contributed by atoms with Crippen molar-refractivity contribution in [1.29, 1.82) is 0 Å². The lowest BCUT2D eigenvalue weighted by atomic mass is 10.1.